The molecule has 0 aliphatic heterocycles. The van der Waals surface area contributed by atoms with E-state index in [1.807, 2.05) is 37.3 Å². The summed E-state index contributed by atoms with van der Waals surface area (Å²) in [5.74, 6) is 0.581. The highest BCUT2D eigenvalue weighted by molar-refractivity contribution is 7.99. The van der Waals surface area contributed by atoms with Crippen LogP contribution in [0, 0.1) is 13.8 Å². The van der Waals surface area contributed by atoms with E-state index in [1.165, 1.54) is 41.3 Å². The molecule has 0 fully saturated rings. The first-order valence-electron chi connectivity index (χ1n) is 9.48. The first-order valence-corrected chi connectivity index (χ1v) is 10.5. The summed E-state index contributed by atoms with van der Waals surface area (Å²) < 4.78 is 5.68. The summed E-state index contributed by atoms with van der Waals surface area (Å²) in [4.78, 5) is 12.2. The van der Waals surface area contributed by atoms with Crippen molar-refractivity contribution in [1.29, 1.82) is 0 Å². The number of aromatic nitrogens is 2. The Bertz CT molecular complexity index is 935. The van der Waals surface area contributed by atoms with Gasteiger partial charge >= 0.3 is 0 Å². The van der Waals surface area contributed by atoms with E-state index in [0.717, 1.165) is 17.7 Å². The summed E-state index contributed by atoms with van der Waals surface area (Å²) in [6, 6.07) is 14.0. The molecule has 6 heteroatoms. The van der Waals surface area contributed by atoms with Crippen molar-refractivity contribution < 1.29 is 9.21 Å². The molecular weight excluding hydrogens is 370 g/mol. The minimum atomic E-state index is -0.0998. The van der Waals surface area contributed by atoms with Crippen molar-refractivity contribution in [3.8, 4) is 11.5 Å². The number of nitrogens with one attached hydrogen (secondary N) is 1. The standard InChI is InChI=1S/C22H25N3O2S/c1-4-5-6-17-8-11-19(12-9-17)23-20(26)14-28-22-25-24-21(27-22)18-10-7-15(2)16(3)13-18/h7-13H,4-6,14H2,1-3H3,(H,23,26). The number of benzene rings is 2. The lowest BCUT2D eigenvalue weighted by molar-refractivity contribution is -0.113. The van der Waals surface area contributed by atoms with Crippen LogP contribution in [0.2, 0.25) is 0 Å². The molecule has 0 saturated heterocycles. The quantitative estimate of drug-likeness (QED) is 0.515. The van der Waals surface area contributed by atoms with E-state index in [1.54, 1.807) is 0 Å². The lowest BCUT2D eigenvalue weighted by atomic mass is 10.1. The third-order valence-corrected chi connectivity index (χ3v) is 5.36. The topological polar surface area (TPSA) is 68.0 Å². The summed E-state index contributed by atoms with van der Waals surface area (Å²) >= 11 is 1.23. The third-order valence-electron chi connectivity index (χ3n) is 4.54. The Kier molecular flexibility index (Phi) is 6.87. The molecule has 5 nitrogen and oxygen atoms in total. The highest BCUT2D eigenvalue weighted by Crippen LogP contribution is 2.25. The normalized spacial score (nSPS) is 10.8. The van der Waals surface area contributed by atoms with Crippen LogP contribution in [0.4, 0.5) is 5.69 Å². The maximum Gasteiger partial charge on any atom is 0.277 e. The molecule has 1 heterocycles. The van der Waals surface area contributed by atoms with Crippen molar-refractivity contribution in [1.82, 2.24) is 10.2 Å². The van der Waals surface area contributed by atoms with Crippen LogP contribution in [-0.2, 0) is 11.2 Å². The molecule has 0 radical (unpaired) electrons. The Morgan fingerprint density at radius 1 is 1.07 bits per heavy atom. The number of rotatable bonds is 8. The molecule has 146 valence electrons. The largest absolute Gasteiger partial charge is 0.411 e. The number of aryl methyl sites for hydroxylation is 3. The number of carbonyl (C=O) groups is 1. The summed E-state index contributed by atoms with van der Waals surface area (Å²) in [7, 11) is 0. The van der Waals surface area contributed by atoms with Crippen LogP contribution in [0.25, 0.3) is 11.5 Å². The number of nitrogens with zero attached hydrogens (tertiary/aromatic N) is 2. The molecule has 0 atom stereocenters. The van der Waals surface area contributed by atoms with Crippen LogP contribution in [0.5, 0.6) is 0 Å². The predicted molar refractivity (Wildman–Crippen MR) is 114 cm³/mol. The van der Waals surface area contributed by atoms with Gasteiger partial charge in [-0.2, -0.15) is 0 Å². The number of carbonyl (C=O) groups excluding carboxylic acids is 1. The summed E-state index contributed by atoms with van der Waals surface area (Å²) in [5.41, 5.74) is 5.36. The molecule has 2 aromatic carbocycles. The second kappa shape index (κ2) is 9.55. The third kappa shape index (κ3) is 5.45. The molecule has 0 saturated carbocycles. The van der Waals surface area contributed by atoms with Crippen molar-refractivity contribution in [2.75, 3.05) is 11.1 Å². The molecule has 1 amide bonds. The first kappa shape index (κ1) is 20.1. The molecule has 28 heavy (non-hydrogen) atoms. The molecular formula is C22H25N3O2S. The zero-order valence-corrected chi connectivity index (χ0v) is 17.3. The Balaban J connectivity index is 1.52. The van der Waals surface area contributed by atoms with Gasteiger partial charge in [-0.05, 0) is 67.6 Å². The predicted octanol–water partition coefficient (Wildman–Crippen LogP) is 5.43. The van der Waals surface area contributed by atoms with E-state index in [4.69, 9.17) is 4.42 Å². The highest BCUT2D eigenvalue weighted by Gasteiger charge is 2.12. The van der Waals surface area contributed by atoms with Gasteiger partial charge in [0.25, 0.3) is 5.22 Å². The minimum Gasteiger partial charge on any atom is -0.411 e. The summed E-state index contributed by atoms with van der Waals surface area (Å²) in [5, 5.41) is 11.4. The SMILES string of the molecule is CCCCc1ccc(NC(=O)CSc2nnc(-c3ccc(C)c(C)c3)o2)cc1. The zero-order valence-electron chi connectivity index (χ0n) is 16.5. The van der Waals surface area contributed by atoms with Crippen LogP contribution in [0.3, 0.4) is 0 Å². The molecule has 0 aliphatic rings. The van der Waals surface area contributed by atoms with Gasteiger partial charge in [0.15, 0.2) is 0 Å². The van der Waals surface area contributed by atoms with Crippen LogP contribution in [-0.4, -0.2) is 21.9 Å². The Morgan fingerprint density at radius 3 is 2.57 bits per heavy atom. The molecule has 0 unspecified atom stereocenters. The molecule has 1 aromatic heterocycles. The van der Waals surface area contributed by atoms with Gasteiger partial charge in [0.2, 0.25) is 11.8 Å². The first-order chi connectivity index (χ1) is 13.5. The van der Waals surface area contributed by atoms with Crippen molar-refractivity contribution in [2.24, 2.45) is 0 Å². The Morgan fingerprint density at radius 2 is 1.86 bits per heavy atom. The molecule has 1 N–H and O–H groups in total. The maximum absolute atomic E-state index is 12.2. The average molecular weight is 396 g/mol. The Hall–Kier alpha value is -2.60. The summed E-state index contributed by atoms with van der Waals surface area (Å²) in [6.07, 6.45) is 3.42. The number of thioether (sulfide) groups is 1. The molecule has 0 bridgehead atoms. The van der Waals surface area contributed by atoms with E-state index in [-0.39, 0.29) is 11.7 Å². The van der Waals surface area contributed by atoms with Crippen molar-refractivity contribution >= 4 is 23.4 Å². The van der Waals surface area contributed by atoms with Gasteiger partial charge in [-0.3, -0.25) is 4.79 Å². The van der Waals surface area contributed by atoms with Crippen LogP contribution < -0.4 is 5.32 Å². The van der Waals surface area contributed by atoms with E-state index in [9.17, 15) is 4.79 Å². The number of hydrogen-bond acceptors (Lipinski definition) is 5. The van der Waals surface area contributed by atoms with Gasteiger partial charge in [0.1, 0.15) is 0 Å². The Labute approximate surface area is 170 Å². The fourth-order valence-corrected chi connectivity index (χ4v) is 3.28. The van der Waals surface area contributed by atoms with Gasteiger partial charge in [0.05, 0.1) is 5.75 Å². The second-order valence-corrected chi connectivity index (χ2v) is 7.74. The lowest BCUT2D eigenvalue weighted by Crippen LogP contribution is -2.13. The van der Waals surface area contributed by atoms with Crippen LogP contribution in [0.15, 0.2) is 52.1 Å². The zero-order chi connectivity index (χ0) is 19.9. The smallest absolute Gasteiger partial charge is 0.277 e. The number of unbranched alkanes of at least 4 members (excludes halogenated alkanes) is 1. The number of anilines is 1. The molecule has 3 aromatic rings. The van der Waals surface area contributed by atoms with E-state index in [2.05, 4.69) is 41.5 Å². The van der Waals surface area contributed by atoms with Crippen LogP contribution in [0.1, 0.15) is 36.5 Å². The second-order valence-electron chi connectivity index (χ2n) is 6.81. The van der Waals surface area contributed by atoms with E-state index < -0.39 is 0 Å². The van der Waals surface area contributed by atoms with Gasteiger partial charge < -0.3 is 9.73 Å². The van der Waals surface area contributed by atoms with E-state index >= 15 is 0 Å². The van der Waals surface area contributed by atoms with Gasteiger partial charge in [0, 0.05) is 11.3 Å². The average Bonchev–Trinajstić information content (AvgIpc) is 3.17. The van der Waals surface area contributed by atoms with Crippen molar-refractivity contribution in [3.05, 3.63) is 59.2 Å². The fraction of sp³-hybridized carbons (Fsp3) is 0.318. The molecule has 3 rings (SSSR count). The lowest BCUT2D eigenvalue weighted by Gasteiger charge is -2.05. The monoisotopic (exact) mass is 395 g/mol. The van der Waals surface area contributed by atoms with Crippen molar-refractivity contribution in [2.45, 2.75) is 45.3 Å². The highest BCUT2D eigenvalue weighted by atomic mass is 32.2. The minimum absolute atomic E-state index is 0.0998. The molecule has 0 aliphatic carbocycles. The maximum atomic E-state index is 12.2. The summed E-state index contributed by atoms with van der Waals surface area (Å²) in [6.45, 7) is 6.29. The van der Waals surface area contributed by atoms with Crippen molar-refractivity contribution in [3.63, 3.8) is 0 Å². The number of hydrogen-bond donors (Lipinski definition) is 1. The van der Waals surface area contributed by atoms with Gasteiger partial charge in [-0.15, -0.1) is 10.2 Å². The van der Waals surface area contributed by atoms with Gasteiger partial charge in [-0.1, -0.05) is 43.3 Å². The van der Waals surface area contributed by atoms with Crippen LogP contribution >= 0.6 is 11.8 Å². The fourth-order valence-electron chi connectivity index (χ4n) is 2.72. The van der Waals surface area contributed by atoms with E-state index in [0.29, 0.717) is 11.1 Å². The molecule has 0 spiro atoms. The number of amides is 1. The van der Waals surface area contributed by atoms with Gasteiger partial charge in [-0.25, -0.2) is 0 Å².